The van der Waals surface area contributed by atoms with Crippen molar-refractivity contribution in [3.63, 3.8) is 0 Å². The van der Waals surface area contributed by atoms with E-state index in [0.29, 0.717) is 19.4 Å². The number of nitrogens with zero attached hydrogens (tertiary/aromatic N) is 2. The van der Waals surface area contributed by atoms with E-state index >= 15 is 0 Å². The van der Waals surface area contributed by atoms with Crippen molar-refractivity contribution in [1.82, 2.24) is 9.80 Å². The Morgan fingerprint density at radius 3 is 2.06 bits per heavy atom. The van der Waals surface area contributed by atoms with E-state index in [-0.39, 0.29) is 12.6 Å². The lowest BCUT2D eigenvalue weighted by atomic mass is 9.75. The van der Waals surface area contributed by atoms with Gasteiger partial charge in [-0.1, -0.05) is 0 Å². The minimum atomic E-state index is -2.50. The molecule has 2 heterocycles. The molecule has 0 radical (unpaired) electrons. The Morgan fingerprint density at radius 1 is 1.06 bits per heavy atom. The molecule has 0 atom stereocenters. The predicted octanol–water partition coefficient (Wildman–Crippen LogP) is 2.06. The van der Waals surface area contributed by atoms with Gasteiger partial charge in [0, 0.05) is 12.6 Å². The molecule has 2 aliphatic rings. The Bertz CT molecular complexity index is 258. The molecule has 2 aliphatic heterocycles. The van der Waals surface area contributed by atoms with Gasteiger partial charge in [-0.15, -0.1) is 0 Å². The highest BCUT2D eigenvalue weighted by Crippen LogP contribution is 2.50. The lowest BCUT2D eigenvalue weighted by Crippen LogP contribution is -2.48. The first-order valence-electron chi connectivity index (χ1n) is 6.17. The van der Waals surface area contributed by atoms with E-state index in [1.165, 1.54) is 0 Å². The van der Waals surface area contributed by atoms with Gasteiger partial charge in [0.15, 0.2) is 0 Å². The van der Waals surface area contributed by atoms with Gasteiger partial charge >= 0.3 is 0 Å². The van der Waals surface area contributed by atoms with Crippen LogP contribution in [0.25, 0.3) is 0 Å². The zero-order chi connectivity index (χ0) is 12.0. The Labute approximate surface area is 96.6 Å². The standard InChI is InChI=1S/C12H22F2N2/c1-10(2)16-8-11(12(13,14)9-16)4-6-15(3)7-5-11/h10H,4-9H2,1-3H3. The molecule has 4 heteroatoms. The molecule has 2 nitrogen and oxygen atoms in total. The van der Waals surface area contributed by atoms with Crippen molar-refractivity contribution in [3.8, 4) is 0 Å². The van der Waals surface area contributed by atoms with Gasteiger partial charge in [0.1, 0.15) is 0 Å². The van der Waals surface area contributed by atoms with Gasteiger partial charge in [-0.3, -0.25) is 4.90 Å². The summed E-state index contributed by atoms with van der Waals surface area (Å²) < 4.78 is 28.3. The van der Waals surface area contributed by atoms with Gasteiger partial charge in [-0.2, -0.15) is 0 Å². The van der Waals surface area contributed by atoms with Crippen LogP contribution in [0.2, 0.25) is 0 Å². The third kappa shape index (κ3) is 1.86. The highest BCUT2D eigenvalue weighted by molar-refractivity contribution is 5.05. The van der Waals surface area contributed by atoms with Crippen LogP contribution in [0.3, 0.4) is 0 Å². The van der Waals surface area contributed by atoms with Crippen molar-refractivity contribution in [2.45, 2.75) is 38.7 Å². The SMILES string of the molecule is CC(C)N1CC(F)(F)C2(CCN(C)CC2)C1. The van der Waals surface area contributed by atoms with Crippen LogP contribution in [0.15, 0.2) is 0 Å². The highest BCUT2D eigenvalue weighted by Gasteiger charge is 2.60. The van der Waals surface area contributed by atoms with Gasteiger partial charge in [-0.05, 0) is 46.8 Å². The van der Waals surface area contributed by atoms with Crippen LogP contribution >= 0.6 is 0 Å². The number of alkyl halides is 2. The maximum absolute atomic E-state index is 14.2. The van der Waals surface area contributed by atoms with Crippen molar-refractivity contribution in [2.75, 3.05) is 33.2 Å². The zero-order valence-electron chi connectivity index (χ0n) is 10.5. The van der Waals surface area contributed by atoms with Crippen molar-refractivity contribution >= 4 is 0 Å². The van der Waals surface area contributed by atoms with Crippen LogP contribution in [0, 0.1) is 5.41 Å². The average Bonchev–Trinajstić information content (AvgIpc) is 2.44. The largest absolute Gasteiger partial charge is 0.306 e. The molecule has 2 rings (SSSR count). The topological polar surface area (TPSA) is 6.48 Å². The fourth-order valence-electron chi connectivity index (χ4n) is 2.92. The predicted molar refractivity (Wildman–Crippen MR) is 60.8 cm³/mol. The summed E-state index contributed by atoms with van der Waals surface area (Å²) in [5, 5.41) is 0. The quantitative estimate of drug-likeness (QED) is 0.683. The second kappa shape index (κ2) is 3.91. The smallest absolute Gasteiger partial charge is 0.267 e. The number of rotatable bonds is 1. The monoisotopic (exact) mass is 232 g/mol. The summed E-state index contributed by atoms with van der Waals surface area (Å²) in [5.74, 6) is -2.50. The molecule has 0 amide bonds. The Hall–Kier alpha value is -0.220. The molecule has 0 N–H and O–H groups in total. The highest BCUT2D eigenvalue weighted by atomic mass is 19.3. The number of hydrogen-bond acceptors (Lipinski definition) is 2. The van der Waals surface area contributed by atoms with E-state index in [2.05, 4.69) is 4.90 Å². The summed E-state index contributed by atoms with van der Waals surface area (Å²) in [6.07, 6.45) is 1.28. The van der Waals surface area contributed by atoms with Crippen LogP contribution in [-0.2, 0) is 0 Å². The molecule has 16 heavy (non-hydrogen) atoms. The molecule has 0 aromatic rings. The maximum Gasteiger partial charge on any atom is 0.267 e. The minimum absolute atomic E-state index is 0.0472. The average molecular weight is 232 g/mol. The number of piperidine rings is 1. The fourth-order valence-corrected chi connectivity index (χ4v) is 2.92. The number of hydrogen-bond donors (Lipinski definition) is 0. The molecule has 0 bridgehead atoms. The molecule has 0 saturated carbocycles. The second-order valence-corrected chi connectivity index (χ2v) is 5.79. The summed E-state index contributed by atoms with van der Waals surface area (Å²) >= 11 is 0. The van der Waals surface area contributed by atoms with Gasteiger partial charge in [-0.25, -0.2) is 8.78 Å². The van der Waals surface area contributed by atoms with Crippen LogP contribution in [-0.4, -0.2) is 55.0 Å². The van der Waals surface area contributed by atoms with E-state index in [0.717, 1.165) is 13.1 Å². The maximum atomic E-state index is 14.2. The first kappa shape index (κ1) is 12.2. The first-order chi connectivity index (χ1) is 7.36. The van der Waals surface area contributed by atoms with E-state index < -0.39 is 11.3 Å². The third-order valence-electron chi connectivity index (χ3n) is 4.36. The van der Waals surface area contributed by atoms with Crippen molar-refractivity contribution in [2.24, 2.45) is 5.41 Å². The molecular formula is C12H22F2N2. The molecule has 2 fully saturated rings. The Balaban J connectivity index is 2.14. The van der Waals surface area contributed by atoms with Gasteiger partial charge < -0.3 is 4.90 Å². The van der Waals surface area contributed by atoms with E-state index in [1.54, 1.807) is 0 Å². The molecule has 1 spiro atoms. The Kier molecular flexibility index (Phi) is 2.99. The van der Waals surface area contributed by atoms with Gasteiger partial charge in [0.2, 0.25) is 0 Å². The normalized spacial score (nSPS) is 30.4. The van der Waals surface area contributed by atoms with Crippen LogP contribution in [0.4, 0.5) is 8.78 Å². The minimum Gasteiger partial charge on any atom is -0.306 e. The summed E-state index contributed by atoms with van der Waals surface area (Å²) in [5.41, 5.74) is -0.746. The molecule has 0 aromatic heterocycles. The van der Waals surface area contributed by atoms with E-state index in [4.69, 9.17) is 0 Å². The summed E-state index contributed by atoms with van der Waals surface area (Å²) in [7, 11) is 2.01. The van der Waals surface area contributed by atoms with Crippen molar-refractivity contribution in [3.05, 3.63) is 0 Å². The zero-order valence-corrected chi connectivity index (χ0v) is 10.5. The molecular weight excluding hydrogens is 210 g/mol. The fraction of sp³-hybridized carbons (Fsp3) is 1.00. The molecule has 0 aliphatic carbocycles. The van der Waals surface area contributed by atoms with Crippen LogP contribution in [0.1, 0.15) is 26.7 Å². The first-order valence-corrected chi connectivity index (χ1v) is 6.17. The van der Waals surface area contributed by atoms with Gasteiger partial charge in [0.05, 0.1) is 12.0 Å². The number of likely N-dealkylation sites (tertiary alicyclic amines) is 2. The van der Waals surface area contributed by atoms with Crippen molar-refractivity contribution in [1.29, 1.82) is 0 Å². The van der Waals surface area contributed by atoms with Gasteiger partial charge in [0.25, 0.3) is 5.92 Å². The molecule has 94 valence electrons. The summed E-state index contributed by atoms with van der Waals surface area (Å²) in [4.78, 5) is 4.09. The third-order valence-corrected chi connectivity index (χ3v) is 4.36. The molecule has 2 saturated heterocycles. The van der Waals surface area contributed by atoms with Crippen molar-refractivity contribution < 1.29 is 8.78 Å². The number of halogens is 2. The second-order valence-electron chi connectivity index (χ2n) is 5.79. The summed E-state index contributed by atoms with van der Waals surface area (Å²) in [6, 6.07) is 0.227. The van der Waals surface area contributed by atoms with E-state index in [1.807, 2.05) is 25.8 Å². The van der Waals surface area contributed by atoms with E-state index in [9.17, 15) is 8.78 Å². The molecule has 0 aromatic carbocycles. The lowest BCUT2D eigenvalue weighted by molar-refractivity contribution is -0.107. The Morgan fingerprint density at radius 2 is 1.62 bits per heavy atom. The summed E-state index contributed by atoms with van der Waals surface area (Å²) in [6.45, 7) is 6.15. The lowest BCUT2D eigenvalue weighted by Gasteiger charge is -2.41. The molecule has 0 unspecified atom stereocenters. The van der Waals surface area contributed by atoms with Crippen LogP contribution < -0.4 is 0 Å². The van der Waals surface area contributed by atoms with Crippen LogP contribution in [0.5, 0.6) is 0 Å².